The molecule has 0 fully saturated rings. The maximum absolute atomic E-state index is 11.8. The summed E-state index contributed by atoms with van der Waals surface area (Å²) in [6.07, 6.45) is 0.340. The van der Waals surface area contributed by atoms with Gasteiger partial charge in [-0.2, -0.15) is 0 Å². The SMILES string of the molecule is CC(C)n1[nH]c2c(c1=O)CCS(=O)(=O)C2. The van der Waals surface area contributed by atoms with Crippen molar-refractivity contribution in [1.29, 1.82) is 0 Å². The van der Waals surface area contributed by atoms with Crippen LogP contribution >= 0.6 is 0 Å². The summed E-state index contributed by atoms with van der Waals surface area (Å²) in [4.78, 5) is 11.8. The van der Waals surface area contributed by atoms with Gasteiger partial charge < -0.3 is 0 Å². The standard InChI is InChI=1S/C9H14N2O3S/c1-6(2)11-9(12)7-3-4-15(13,14)5-8(7)10-11/h6,10H,3-5H2,1-2H3. The zero-order chi connectivity index (χ0) is 11.2. The van der Waals surface area contributed by atoms with E-state index in [-0.39, 0.29) is 23.1 Å². The van der Waals surface area contributed by atoms with E-state index >= 15 is 0 Å². The van der Waals surface area contributed by atoms with Crippen molar-refractivity contribution >= 4 is 9.84 Å². The molecular weight excluding hydrogens is 216 g/mol. The third-order valence-electron chi connectivity index (χ3n) is 2.64. The van der Waals surface area contributed by atoms with Crippen LogP contribution in [-0.4, -0.2) is 24.0 Å². The molecule has 6 heteroatoms. The van der Waals surface area contributed by atoms with Crippen LogP contribution in [-0.2, 0) is 22.0 Å². The second-order valence-electron chi connectivity index (χ2n) is 4.18. The van der Waals surface area contributed by atoms with Crippen LogP contribution in [0.4, 0.5) is 0 Å². The molecule has 0 atom stereocenters. The fraction of sp³-hybridized carbons (Fsp3) is 0.667. The first-order valence-electron chi connectivity index (χ1n) is 4.93. The van der Waals surface area contributed by atoms with Crippen LogP contribution in [0.5, 0.6) is 0 Å². The number of nitrogens with zero attached hydrogens (tertiary/aromatic N) is 1. The van der Waals surface area contributed by atoms with Gasteiger partial charge in [0.2, 0.25) is 0 Å². The van der Waals surface area contributed by atoms with Crippen LogP contribution in [0.3, 0.4) is 0 Å². The molecule has 5 nitrogen and oxygen atoms in total. The van der Waals surface area contributed by atoms with E-state index in [4.69, 9.17) is 0 Å². The number of fused-ring (bicyclic) bond motifs is 1. The van der Waals surface area contributed by atoms with Gasteiger partial charge in [-0.25, -0.2) is 8.42 Å². The Morgan fingerprint density at radius 3 is 2.67 bits per heavy atom. The van der Waals surface area contributed by atoms with Crippen molar-refractivity contribution in [1.82, 2.24) is 9.78 Å². The van der Waals surface area contributed by atoms with Crippen LogP contribution in [0.1, 0.15) is 31.1 Å². The number of rotatable bonds is 1. The van der Waals surface area contributed by atoms with Gasteiger partial charge in [0.15, 0.2) is 9.84 Å². The maximum atomic E-state index is 11.8. The highest BCUT2D eigenvalue weighted by Crippen LogP contribution is 2.16. The van der Waals surface area contributed by atoms with Gasteiger partial charge in [0.1, 0.15) is 0 Å². The van der Waals surface area contributed by atoms with E-state index in [9.17, 15) is 13.2 Å². The monoisotopic (exact) mass is 230 g/mol. The largest absolute Gasteiger partial charge is 0.298 e. The molecule has 0 radical (unpaired) electrons. The summed E-state index contributed by atoms with van der Waals surface area (Å²) in [6.45, 7) is 3.77. The Kier molecular flexibility index (Phi) is 2.26. The van der Waals surface area contributed by atoms with Crippen LogP contribution < -0.4 is 5.56 Å². The molecule has 1 aliphatic rings. The highest BCUT2D eigenvalue weighted by atomic mass is 32.2. The molecule has 2 rings (SSSR count). The summed E-state index contributed by atoms with van der Waals surface area (Å²) in [5.41, 5.74) is 1.13. The Morgan fingerprint density at radius 2 is 2.07 bits per heavy atom. The van der Waals surface area contributed by atoms with Gasteiger partial charge in [-0.3, -0.25) is 14.6 Å². The van der Waals surface area contributed by atoms with Crippen LogP contribution in [0, 0.1) is 0 Å². The van der Waals surface area contributed by atoms with Gasteiger partial charge in [-0.15, -0.1) is 0 Å². The van der Waals surface area contributed by atoms with Gasteiger partial charge in [-0.1, -0.05) is 0 Å². The predicted octanol–water partition coefficient (Wildman–Crippen LogP) is 0.228. The van der Waals surface area contributed by atoms with Crippen molar-refractivity contribution in [3.05, 3.63) is 21.6 Å². The normalized spacial score (nSPS) is 19.1. The molecule has 1 aromatic heterocycles. The first-order chi connectivity index (χ1) is 6.91. The maximum Gasteiger partial charge on any atom is 0.270 e. The van der Waals surface area contributed by atoms with E-state index in [2.05, 4.69) is 5.10 Å². The Balaban J connectivity index is 2.55. The summed E-state index contributed by atoms with van der Waals surface area (Å²) < 4.78 is 24.2. The number of nitrogens with one attached hydrogen (secondary N) is 1. The lowest BCUT2D eigenvalue weighted by atomic mass is 10.2. The first kappa shape index (κ1) is 10.5. The molecule has 1 aromatic rings. The fourth-order valence-corrected chi connectivity index (χ4v) is 3.17. The summed E-state index contributed by atoms with van der Waals surface area (Å²) in [7, 11) is -3.01. The average molecular weight is 230 g/mol. The number of sulfone groups is 1. The number of H-pyrrole nitrogens is 1. The number of hydrogen-bond donors (Lipinski definition) is 1. The third-order valence-corrected chi connectivity index (χ3v) is 4.19. The van der Waals surface area contributed by atoms with Crippen molar-refractivity contribution in [2.24, 2.45) is 0 Å². The molecule has 0 saturated heterocycles. The molecule has 0 unspecified atom stereocenters. The molecule has 0 bridgehead atoms. The minimum atomic E-state index is -3.01. The first-order valence-corrected chi connectivity index (χ1v) is 6.75. The summed E-state index contributed by atoms with van der Waals surface area (Å²) in [5, 5.41) is 2.88. The minimum absolute atomic E-state index is 0.0305. The Labute approximate surface area is 88.0 Å². The molecule has 84 valence electrons. The van der Waals surface area contributed by atoms with Crippen molar-refractivity contribution in [3.8, 4) is 0 Å². The lowest BCUT2D eigenvalue weighted by Crippen LogP contribution is -2.24. The van der Waals surface area contributed by atoms with Crippen molar-refractivity contribution < 1.29 is 8.42 Å². The van der Waals surface area contributed by atoms with E-state index in [1.807, 2.05) is 13.8 Å². The smallest absolute Gasteiger partial charge is 0.270 e. The summed E-state index contributed by atoms with van der Waals surface area (Å²) >= 11 is 0. The summed E-state index contributed by atoms with van der Waals surface area (Å²) in [6, 6.07) is 0.0332. The minimum Gasteiger partial charge on any atom is -0.298 e. The van der Waals surface area contributed by atoms with Crippen LogP contribution in [0.15, 0.2) is 4.79 Å². The Bertz CT molecular complexity index is 536. The summed E-state index contributed by atoms with van der Waals surface area (Å²) in [5.74, 6) is 0.0580. The molecule has 1 aliphatic heterocycles. The van der Waals surface area contributed by atoms with E-state index < -0.39 is 9.84 Å². The Morgan fingerprint density at radius 1 is 1.40 bits per heavy atom. The zero-order valence-electron chi connectivity index (χ0n) is 8.78. The Hall–Kier alpha value is -1.04. The lowest BCUT2D eigenvalue weighted by Gasteiger charge is -2.09. The quantitative estimate of drug-likeness (QED) is 0.750. The third kappa shape index (κ3) is 1.73. The molecule has 0 aliphatic carbocycles. The van der Waals surface area contributed by atoms with E-state index in [1.165, 1.54) is 4.68 Å². The molecule has 0 amide bonds. The van der Waals surface area contributed by atoms with E-state index in [0.29, 0.717) is 17.7 Å². The second-order valence-corrected chi connectivity index (χ2v) is 6.36. The molecule has 0 saturated carbocycles. The van der Waals surface area contributed by atoms with Gasteiger partial charge in [0.05, 0.1) is 17.2 Å². The average Bonchev–Trinajstić information content (AvgIpc) is 2.41. The molecule has 0 spiro atoms. The topological polar surface area (TPSA) is 71.9 Å². The van der Waals surface area contributed by atoms with Crippen molar-refractivity contribution in [2.45, 2.75) is 32.1 Å². The van der Waals surface area contributed by atoms with E-state index in [0.717, 1.165) is 0 Å². The van der Waals surface area contributed by atoms with Gasteiger partial charge >= 0.3 is 0 Å². The fourth-order valence-electron chi connectivity index (χ4n) is 1.83. The highest BCUT2D eigenvalue weighted by Gasteiger charge is 2.26. The lowest BCUT2D eigenvalue weighted by molar-refractivity contribution is 0.512. The van der Waals surface area contributed by atoms with Gasteiger partial charge in [0, 0.05) is 11.6 Å². The van der Waals surface area contributed by atoms with E-state index in [1.54, 1.807) is 0 Å². The zero-order valence-corrected chi connectivity index (χ0v) is 9.60. The molecular formula is C9H14N2O3S. The predicted molar refractivity (Wildman–Crippen MR) is 56.6 cm³/mol. The number of hydrogen-bond acceptors (Lipinski definition) is 3. The molecule has 2 heterocycles. The van der Waals surface area contributed by atoms with Gasteiger partial charge in [-0.05, 0) is 20.3 Å². The van der Waals surface area contributed by atoms with Crippen LogP contribution in [0.2, 0.25) is 0 Å². The van der Waals surface area contributed by atoms with Gasteiger partial charge in [0.25, 0.3) is 5.56 Å². The molecule has 0 aromatic carbocycles. The molecule has 15 heavy (non-hydrogen) atoms. The number of aromatic amines is 1. The highest BCUT2D eigenvalue weighted by molar-refractivity contribution is 7.90. The number of aromatic nitrogens is 2. The van der Waals surface area contributed by atoms with Crippen LogP contribution in [0.25, 0.3) is 0 Å². The van der Waals surface area contributed by atoms with Crippen molar-refractivity contribution in [3.63, 3.8) is 0 Å². The molecule has 1 N–H and O–H groups in total. The van der Waals surface area contributed by atoms with Crippen molar-refractivity contribution in [2.75, 3.05) is 5.75 Å². The second kappa shape index (κ2) is 3.23.